The molecule has 4 heterocycles. The number of hydrogen-bond donors (Lipinski definition) is 4. The number of hydrogen-bond acceptors (Lipinski definition) is 11. The van der Waals surface area contributed by atoms with Gasteiger partial charge in [-0.3, -0.25) is 14.8 Å². The highest BCUT2D eigenvalue weighted by Gasteiger charge is 2.35. The van der Waals surface area contributed by atoms with E-state index in [0.29, 0.717) is 58.4 Å². The maximum Gasteiger partial charge on any atom is 0.354 e. The molecule has 0 spiro atoms. The van der Waals surface area contributed by atoms with E-state index in [1.54, 1.807) is 48.3 Å². The van der Waals surface area contributed by atoms with Crippen LogP contribution >= 0.6 is 23.2 Å². The normalized spacial score (nSPS) is 18.1. The van der Waals surface area contributed by atoms with Gasteiger partial charge in [0.25, 0.3) is 5.91 Å². The number of aliphatic carboxylic acids is 1. The third-order valence-electron chi connectivity index (χ3n) is 16.2. The number of carbonyl (C=O) groups is 2. The Morgan fingerprint density at radius 3 is 1.51 bits per heavy atom. The summed E-state index contributed by atoms with van der Waals surface area (Å²) >= 11 is 12.8. The number of likely N-dealkylation sites (N-methyl/N-ethyl adjacent to an activating group) is 2. The van der Waals surface area contributed by atoms with Gasteiger partial charge in [-0.1, -0.05) is 96.0 Å². The molecular weight excluding hydrogens is 1100 g/mol. The summed E-state index contributed by atoms with van der Waals surface area (Å²) in [6.45, 7) is 6.53. The Labute approximate surface area is 496 Å². The van der Waals surface area contributed by atoms with Crippen molar-refractivity contribution in [3.05, 3.63) is 176 Å². The Hall–Kier alpha value is -6.56. The van der Waals surface area contributed by atoms with E-state index in [-0.39, 0.29) is 36.8 Å². The molecule has 4 atom stereocenters. The first kappa shape index (κ1) is 59.6. The summed E-state index contributed by atoms with van der Waals surface area (Å²) in [5.41, 5.74) is 9.26. The van der Waals surface area contributed by atoms with Gasteiger partial charge < -0.3 is 44.8 Å². The summed E-state index contributed by atoms with van der Waals surface area (Å²) in [5, 5.41) is 35.7. The van der Waals surface area contributed by atoms with Crippen LogP contribution in [0.5, 0.6) is 11.5 Å². The number of ether oxygens (including phenoxy) is 2. The quantitative estimate of drug-likeness (QED) is 0.0652. The van der Waals surface area contributed by atoms with E-state index < -0.39 is 24.2 Å². The highest BCUT2D eigenvalue weighted by Crippen LogP contribution is 2.37. The van der Waals surface area contributed by atoms with Gasteiger partial charge in [0.2, 0.25) is 0 Å². The Balaban J connectivity index is 0.000000166. The summed E-state index contributed by atoms with van der Waals surface area (Å²) in [6, 6.07) is 34.7. The van der Waals surface area contributed by atoms with E-state index in [0.717, 1.165) is 134 Å². The predicted octanol–water partition coefficient (Wildman–Crippen LogP) is 11.5. The van der Waals surface area contributed by atoms with Gasteiger partial charge in [-0.2, -0.15) is 0 Å². The third-order valence-corrected chi connectivity index (χ3v) is 16.8. The number of aliphatic imine (C=N–C) groups is 2. The molecule has 2 saturated carbocycles. The minimum atomic E-state index is -1.000. The lowest BCUT2D eigenvalue weighted by atomic mass is 9.92. The number of carbonyl (C=O) groups excluding carboxylic acids is 1. The molecule has 83 heavy (non-hydrogen) atoms. The zero-order valence-electron chi connectivity index (χ0n) is 47.0. The molecule has 6 aromatic carbocycles. The lowest BCUT2D eigenvalue weighted by Crippen LogP contribution is -2.50. The van der Waals surface area contributed by atoms with E-state index in [9.17, 15) is 28.6 Å². The van der Waals surface area contributed by atoms with Crippen molar-refractivity contribution in [1.82, 2.24) is 20.0 Å². The molecule has 1 amide bonds. The van der Waals surface area contributed by atoms with Gasteiger partial charge in [-0.15, -0.1) is 0 Å². The zero-order chi connectivity index (χ0) is 58.1. The van der Waals surface area contributed by atoms with Crippen LogP contribution in [-0.2, 0) is 22.4 Å². The predicted molar refractivity (Wildman–Crippen MR) is 325 cm³/mol. The van der Waals surface area contributed by atoms with E-state index in [2.05, 4.69) is 31.2 Å². The summed E-state index contributed by atoms with van der Waals surface area (Å²) in [4.78, 5) is 40.2. The van der Waals surface area contributed by atoms with Crippen molar-refractivity contribution in [2.75, 3.05) is 66.5 Å². The molecule has 0 unspecified atom stereocenters. The summed E-state index contributed by atoms with van der Waals surface area (Å²) < 4.78 is 38.0. The molecule has 4 fully saturated rings. The smallest absolute Gasteiger partial charge is 0.354 e. The fourth-order valence-corrected chi connectivity index (χ4v) is 11.6. The molecule has 2 saturated heterocycles. The van der Waals surface area contributed by atoms with Crippen molar-refractivity contribution in [3.8, 4) is 33.8 Å². The number of carboxylic acids is 1. The Bertz CT molecular complexity index is 3320. The zero-order valence-corrected chi connectivity index (χ0v) is 48.5. The van der Waals surface area contributed by atoms with Gasteiger partial charge in [-0.05, 0) is 190 Å². The van der Waals surface area contributed by atoms with Crippen molar-refractivity contribution < 1.29 is 44.6 Å². The number of aliphatic hydroxyl groups excluding tert-OH is 2. The van der Waals surface area contributed by atoms with E-state index in [1.807, 2.05) is 61.6 Å². The van der Waals surface area contributed by atoms with Gasteiger partial charge >= 0.3 is 5.97 Å². The SMILES string of the molecule is CN(C(=O)C1=NCCc2cc(-c3ccc(F)cc3)ccc21)[C@H](CN1CCCC1)[C@H](O)c1ccc(OC2CC2)c(Cl)c1.CN[C@H](CN1CCCC1)[C@H](O)c1ccc(OC2CC2)c(Cl)c1.O=C(O)C1=NCCc2cc(-c3ccc(F)cc3)ccc21.[HH]. The first-order valence-corrected chi connectivity index (χ1v) is 29.7. The highest BCUT2D eigenvalue weighted by atomic mass is 35.5. The highest BCUT2D eigenvalue weighted by molar-refractivity contribution is 6.46. The van der Waals surface area contributed by atoms with Crippen LogP contribution in [0.1, 0.15) is 98.4 Å². The van der Waals surface area contributed by atoms with Gasteiger partial charge in [-0.25, -0.2) is 13.6 Å². The lowest BCUT2D eigenvalue weighted by molar-refractivity contribution is -0.129. The second kappa shape index (κ2) is 27.4. The average molecular weight is 1170 g/mol. The van der Waals surface area contributed by atoms with Crippen LogP contribution in [-0.4, -0.2) is 144 Å². The summed E-state index contributed by atoms with van der Waals surface area (Å²) in [7, 11) is 3.65. The average Bonchev–Trinajstić information content (AvgIpc) is 4.00. The van der Waals surface area contributed by atoms with E-state index in [1.165, 1.54) is 37.1 Å². The van der Waals surface area contributed by atoms with Crippen LogP contribution in [0.15, 0.2) is 131 Å². The number of halogens is 4. The largest absolute Gasteiger partial charge is 0.489 e. The molecule has 17 heteroatoms. The first-order valence-electron chi connectivity index (χ1n) is 29.0. The first-order chi connectivity index (χ1) is 40.2. The Morgan fingerprint density at radius 2 is 1.06 bits per heavy atom. The Kier molecular flexibility index (Phi) is 19.7. The van der Waals surface area contributed by atoms with Crippen molar-refractivity contribution in [1.29, 1.82) is 0 Å². The number of likely N-dealkylation sites (tertiary alicyclic amines) is 2. The van der Waals surface area contributed by atoms with Crippen LogP contribution in [0.2, 0.25) is 10.0 Å². The molecule has 438 valence electrons. The molecule has 0 radical (unpaired) electrons. The van der Waals surface area contributed by atoms with Crippen molar-refractivity contribution >= 4 is 46.5 Å². The summed E-state index contributed by atoms with van der Waals surface area (Å²) in [6.07, 6.45) is 9.49. The van der Waals surface area contributed by atoms with E-state index >= 15 is 0 Å². The van der Waals surface area contributed by atoms with Crippen LogP contribution < -0.4 is 14.8 Å². The maximum atomic E-state index is 14.0. The van der Waals surface area contributed by atoms with Crippen molar-refractivity contribution in [2.24, 2.45) is 9.98 Å². The van der Waals surface area contributed by atoms with Crippen LogP contribution in [0.4, 0.5) is 8.78 Å². The molecular formula is C66H74Cl2F2N6O7. The minimum absolute atomic E-state index is 0. The number of benzene rings is 6. The number of aliphatic hydroxyl groups is 2. The van der Waals surface area contributed by atoms with Crippen molar-refractivity contribution in [3.63, 3.8) is 0 Å². The molecule has 12 rings (SSSR count). The fourth-order valence-electron chi connectivity index (χ4n) is 11.2. The number of fused-ring (bicyclic) bond motifs is 2. The van der Waals surface area contributed by atoms with Gasteiger partial charge in [0, 0.05) is 51.8 Å². The minimum Gasteiger partial charge on any atom is -0.489 e. The van der Waals surface area contributed by atoms with Crippen molar-refractivity contribution in [2.45, 2.75) is 101 Å². The number of rotatable bonds is 18. The van der Waals surface area contributed by atoms with Crippen LogP contribution in [0, 0.1) is 11.6 Å². The van der Waals surface area contributed by atoms with Gasteiger partial charge in [0.05, 0.1) is 34.4 Å². The third kappa shape index (κ3) is 15.2. The molecule has 6 aliphatic rings. The molecule has 6 aromatic rings. The second-order valence-corrected chi connectivity index (χ2v) is 23.1. The molecule has 2 aliphatic carbocycles. The van der Waals surface area contributed by atoms with E-state index in [4.69, 9.17) is 37.8 Å². The monoisotopic (exact) mass is 1170 g/mol. The second-order valence-electron chi connectivity index (χ2n) is 22.3. The fraction of sp³-hybridized carbons (Fsp3) is 0.394. The van der Waals surface area contributed by atoms with Crippen LogP contribution in [0.25, 0.3) is 22.3 Å². The summed E-state index contributed by atoms with van der Waals surface area (Å²) in [5.74, 6) is -0.416. The number of nitrogens with zero attached hydrogens (tertiary/aromatic N) is 5. The van der Waals surface area contributed by atoms with Gasteiger partial charge in [0.1, 0.15) is 34.9 Å². The standard InChI is InChI=1S/C33H35ClFN3O3.C17H25ClN2O2.C16H12FNO2.H2/c1-37(33(40)31-27-12-6-22(18-23(27)14-15-36-31)21-4-8-25(35)9-5-21)29(20-38-16-2-3-17-38)32(39)24-7-13-30(28(34)19-24)41-26-10-11-26;1-19-15(11-20-8-2-3-9-20)17(21)12-4-7-16(14(18)10-12)22-13-5-6-13;17-13-4-1-10(2-5-13)11-3-6-14-12(9-11)7-8-18-15(14)16(19)20;/h4-9,12-13,18-19,26,29,32,39H,2-3,10-11,14-17,20H2,1H3;4,7,10,13,15,17,19,21H,2-3,5-6,8-9,11H2,1H3;1-6,9H,7-8H2,(H,19,20);1H/t29-,32-;15-,17-;;/m11../s1. The molecule has 0 bridgehead atoms. The number of amides is 1. The lowest BCUT2D eigenvalue weighted by Gasteiger charge is -2.36. The topological polar surface area (TPSA) is 160 Å². The van der Waals surface area contributed by atoms with Gasteiger partial charge in [0.15, 0.2) is 5.71 Å². The molecule has 0 aromatic heterocycles. The van der Waals surface area contributed by atoms with Crippen LogP contribution in [0.3, 0.4) is 0 Å². The maximum absolute atomic E-state index is 14.0. The molecule has 4 aliphatic heterocycles. The number of nitrogens with one attached hydrogen (secondary N) is 1. The molecule has 4 N–H and O–H groups in total. The number of carboxylic acid groups (broad SMARTS) is 1. The Morgan fingerprint density at radius 1 is 0.627 bits per heavy atom. The molecule has 13 nitrogen and oxygen atoms in total.